The summed E-state index contributed by atoms with van der Waals surface area (Å²) in [5.41, 5.74) is 2.20. The van der Waals surface area contributed by atoms with Crippen LogP contribution >= 0.6 is 0 Å². The Kier molecular flexibility index (Phi) is 5.35. The topological polar surface area (TPSA) is 91.0 Å². The first-order valence-corrected chi connectivity index (χ1v) is 9.03. The Bertz CT molecular complexity index is 799. The monoisotopic (exact) mass is 355 g/mol. The summed E-state index contributed by atoms with van der Waals surface area (Å²) in [6.07, 6.45) is 1.56. The molecule has 1 saturated heterocycles. The lowest BCUT2D eigenvalue weighted by molar-refractivity contribution is -0.121. The molecular formula is C19H25N5O2. The molecule has 2 aromatic heterocycles. The van der Waals surface area contributed by atoms with Gasteiger partial charge in [-0.25, -0.2) is 4.98 Å². The number of anilines is 1. The Morgan fingerprint density at radius 3 is 2.85 bits per heavy atom. The van der Waals surface area contributed by atoms with Crippen molar-refractivity contribution in [2.75, 3.05) is 18.4 Å². The summed E-state index contributed by atoms with van der Waals surface area (Å²) < 4.78 is 0. The minimum absolute atomic E-state index is 0.0921. The zero-order valence-corrected chi connectivity index (χ0v) is 15.5. The van der Waals surface area contributed by atoms with Crippen LogP contribution in [0.3, 0.4) is 0 Å². The molecule has 0 saturated carbocycles. The predicted octanol–water partition coefficient (Wildman–Crippen LogP) is 2.73. The first kappa shape index (κ1) is 18.1. The number of carbonyl (C=O) groups is 2. The van der Waals surface area contributed by atoms with Gasteiger partial charge in [0.15, 0.2) is 0 Å². The second-order valence-corrected chi connectivity index (χ2v) is 7.11. The third-order valence-corrected chi connectivity index (χ3v) is 4.66. The number of aromatic nitrogens is 3. The number of piperidine rings is 1. The van der Waals surface area contributed by atoms with Crippen molar-refractivity contribution >= 4 is 17.6 Å². The average molecular weight is 355 g/mol. The largest absolute Gasteiger partial charge is 0.336 e. The first-order chi connectivity index (χ1) is 12.4. The fourth-order valence-electron chi connectivity index (χ4n) is 3.12. The van der Waals surface area contributed by atoms with Crippen LogP contribution in [0.4, 0.5) is 5.82 Å². The molecular weight excluding hydrogens is 330 g/mol. The zero-order chi connectivity index (χ0) is 18.7. The van der Waals surface area contributed by atoms with E-state index >= 15 is 0 Å². The highest BCUT2D eigenvalue weighted by atomic mass is 16.2. The molecule has 0 radical (unpaired) electrons. The number of hydrogen-bond donors (Lipinski definition) is 2. The fraction of sp³-hybridized carbons (Fsp3) is 0.474. The van der Waals surface area contributed by atoms with E-state index in [9.17, 15) is 9.59 Å². The van der Waals surface area contributed by atoms with Gasteiger partial charge in [0.1, 0.15) is 11.5 Å². The van der Waals surface area contributed by atoms with Crippen LogP contribution < -0.4 is 5.32 Å². The summed E-state index contributed by atoms with van der Waals surface area (Å²) in [5.74, 6) is 0.376. The van der Waals surface area contributed by atoms with E-state index in [2.05, 4.69) is 20.5 Å². The number of aryl methyl sites for hydroxylation is 1. The Morgan fingerprint density at radius 2 is 2.15 bits per heavy atom. The molecule has 7 heteroatoms. The van der Waals surface area contributed by atoms with E-state index in [4.69, 9.17) is 0 Å². The van der Waals surface area contributed by atoms with Gasteiger partial charge >= 0.3 is 0 Å². The molecule has 1 aliphatic rings. The lowest BCUT2D eigenvalue weighted by Crippen LogP contribution is -2.44. The van der Waals surface area contributed by atoms with Crippen LogP contribution in [0.25, 0.3) is 0 Å². The van der Waals surface area contributed by atoms with Gasteiger partial charge in [-0.3, -0.25) is 14.7 Å². The molecule has 1 unspecified atom stereocenters. The van der Waals surface area contributed by atoms with Crippen LogP contribution in [0, 0.1) is 12.8 Å². The highest BCUT2D eigenvalue weighted by molar-refractivity contribution is 5.95. The maximum Gasteiger partial charge on any atom is 0.274 e. The molecule has 0 aromatic carbocycles. The Hall–Kier alpha value is -2.70. The number of H-pyrrole nitrogens is 1. The van der Waals surface area contributed by atoms with Crippen molar-refractivity contribution < 1.29 is 9.59 Å². The first-order valence-electron chi connectivity index (χ1n) is 9.03. The van der Waals surface area contributed by atoms with Crippen LogP contribution in [0.2, 0.25) is 0 Å². The number of aromatic amines is 1. The number of likely N-dealkylation sites (tertiary alicyclic amines) is 1. The standard InChI is InChI=1S/C19H25N5O2/c1-12(2)15-10-16(23-22-15)19(26)24-9-5-7-14(11-24)18(25)21-17-8-4-6-13(3)20-17/h4,6,8,10,12,14H,5,7,9,11H2,1-3H3,(H,22,23)(H,20,21,25). The van der Waals surface area contributed by atoms with Gasteiger partial charge in [-0.1, -0.05) is 19.9 Å². The predicted molar refractivity (Wildman–Crippen MR) is 98.9 cm³/mol. The van der Waals surface area contributed by atoms with Crippen molar-refractivity contribution in [2.45, 2.75) is 39.5 Å². The van der Waals surface area contributed by atoms with Gasteiger partial charge in [-0.15, -0.1) is 0 Å². The van der Waals surface area contributed by atoms with Crippen molar-refractivity contribution in [3.8, 4) is 0 Å². The molecule has 3 rings (SSSR count). The molecule has 1 aliphatic heterocycles. The minimum Gasteiger partial charge on any atom is -0.336 e. The van der Waals surface area contributed by atoms with Gasteiger partial charge in [-0.05, 0) is 43.9 Å². The van der Waals surface area contributed by atoms with E-state index in [1.165, 1.54) is 0 Å². The van der Waals surface area contributed by atoms with Gasteiger partial charge in [0, 0.05) is 24.5 Å². The van der Waals surface area contributed by atoms with E-state index < -0.39 is 0 Å². The van der Waals surface area contributed by atoms with E-state index in [0.29, 0.717) is 24.6 Å². The summed E-state index contributed by atoms with van der Waals surface area (Å²) in [7, 11) is 0. The Morgan fingerprint density at radius 1 is 1.35 bits per heavy atom. The molecule has 2 aromatic rings. The average Bonchev–Trinajstić information content (AvgIpc) is 3.11. The number of amides is 2. The molecule has 0 aliphatic carbocycles. The van der Waals surface area contributed by atoms with Gasteiger partial charge < -0.3 is 10.2 Å². The Labute approximate surface area is 153 Å². The zero-order valence-electron chi connectivity index (χ0n) is 15.5. The summed E-state index contributed by atoms with van der Waals surface area (Å²) in [5, 5.41) is 9.91. The smallest absolute Gasteiger partial charge is 0.274 e. The third-order valence-electron chi connectivity index (χ3n) is 4.66. The minimum atomic E-state index is -0.237. The maximum absolute atomic E-state index is 12.7. The quantitative estimate of drug-likeness (QED) is 0.882. The maximum atomic E-state index is 12.7. The number of nitrogens with zero attached hydrogens (tertiary/aromatic N) is 3. The summed E-state index contributed by atoms with van der Waals surface area (Å²) in [6.45, 7) is 7.02. The lowest BCUT2D eigenvalue weighted by atomic mass is 9.96. The molecule has 7 nitrogen and oxygen atoms in total. The molecule has 138 valence electrons. The fourth-order valence-corrected chi connectivity index (χ4v) is 3.12. The van der Waals surface area contributed by atoms with Crippen LogP contribution in [0.1, 0.15) is 54.5 Å². The number of pyridine rings is 1. The molecule has 1 fully saturated rings. The third kappa shape index (κ3) is 4.09. The van der Waals surface area contributed by atoms with Gasteiger partial charge in [-0.2, -0.15) is 5.10 Å². The summed E-state index contributed by atoms with van der Waals surface area (Å²) >= 11 is 0. The van der Waals surface area contributed by atoms with E-state index in [1.807, 2.05) is 32.9 Å². The highest BCUT2D eigenvalue weighted by Gasteiger charge is 2.30. The SMILES string of the molecule is Cc1cccc(NC(=O)C2CCCN(C(=O)c3cc(C(C)C)[nH]n3)C2)n1. The number of rotatable bonds is 4. The van der Waals surface area contributed by atoms with E-state index in [-0.39, 0.29) is 23.7 Å². The summed E-state index contributed by atoms with van der Waals surface area (Å²) in [4.78, 5) is 31.3. The van der Waals surface area contributed by atoms with Crippen molar-refractivity contribution in [3.05, 3.63) is 41.3 Å². The van der Waals surface area contributed by atoms with Crippen LogP contribution in [0.5, 0.6) is 0 Å². The van der Waals surface area contributed by atoms with Crippen LogP contribution in [-0.4, -0.2) is 45.0 Å². The van der Waals surface area contributed by atoms with Crippen molar-refractivity contribution in [3.63, 3.8) is 0 Å². The molecule has 0 bridgehead atoms. The van der Waals surface area contributed by atoms with Crippen molar-refractivity contribution in [1.29, 1.82) is 0 Å². The van der Waals surface area contributed by atoms with Crippen molar-refractivity contribution in [2.24, 2.45) is 5.92 Å². The van der Waals surface area contributed by atoms with Crippen LogP contribution in [-0.2, 0) is 4.79 Å². The highest BCUT2D eigenvalue weighted by Crippen LogP contribution is 2.21. The molecule has 1 atom stereocenters. The van der Waals surface area contributed by atoms with Crippen molar-refractivity contribution in [1.82, 2.24) is 20.1 Å². The van der Waals surface area contributed by atoms with E-state index in [1.54, 1.807) is 17.0 Å². The Balaban J connectivity index is 1.64. The van der Waals surface area contributed by atoms with Gasteiger partial charge in [0.2, 0.25) is 5.91 Å². The second kappa shape index (κ2) is 7.68. The van der Waals surface area contributed by atoms with Gasteiger partial charge in [0.25, 0.3) is 5.91 Å². The lowest BCUT2D eigenvalue weighted by Gasteiger charge is -2.31. The molecule has 0 spiro atoms. The molecule has 26 heavy (non-hydrogen) atoms. The van der Waals surface area contributed by atoms with Gasteiger partial charge in [0.05, 0.1) is 5.92 Å². The molecule has 3 heterocycles. The van der Waals surface area contributed by atoms with Crippen LogP contribution in [0.15, 0.2) is 24.3 Å². The summed E-state index contributed by atoms with van der Waals surface area (Å²) in [6, 6.07) is 7.31. The second-order valence-electron chi connectivity index (χ2n) is 7.11. The van der Waals surface area contributed by atoms with E-state index in [0.717, 1.165) is 24.2 Å². The number of hydrogen-bond acceptors (Lipinski definition) is 4. The number of nitrogens with one attached hydrogen (secondary N) is 2. The molecule has 2 amide bonds. The normalized spacial score (nSPS) is 17.4. The number of carbonyl (C=O) groups excluding carboxylic acids is 2. The molecule has 2 N–H and O–H groups in total.